The molecule has 0 radical (unpaired) electrons. The second kappa shape index (κ2) is 9.43. The van der Waals surface area contributed by atoms with Gasteiger partial charge in [0.15, 0.2) is 0 Å². The zero-order valence-corrected chi connectivity index (χ0v) is 15.6. The number of carbonyl (C=O) groups is 2. The first-order valence-corrected chi connectivity index (χ1v) is 10.0. The van der Waals surface area contributed by atoms with Gasteiger partial charge in [-0.05, 0) is 31.4 Å². The van der Waals surface area contributed by atoms with E-state index < -0.39 is 0 Å². The molecule has 2 heterocycles. The van der Waals surface area contributed by atoms with Crippen LogP contribution in [0.3, 0.4) is 0 Å². The van der Waals surface area contributed by atoms with Gasteiger partial charge in [0, 0.05) is 24.0 Å². The van der Waals surface area contributed by atoms with Gasteiger partial charge in [-0.1, -0.05) is 25.3 Å². The Labute approximate surface area is 157 Å². The van der Waals surface area contributed by atoms with Crippen LogP contribution in [-0.4, -0.2) is 34.4 Å². The van der Waals surface area contributed by atoms with E-state index in [1.807, 2.05) is 23.6 Å². The summed E-state index contributed by atoms with van der Waals surface area (Å²) in [6, 6.07) is 5.98. The SMILES string of the molecule is O=C(CCc1csc(-c2ccccn2)n1)NCC(=O)NC1CCCCC1. The number of aromatic nitrogens is 2. The molecule has 0 aromatic carbocycles. The van der Waals surface area contributed by atoms with Gasteiger partial charge in [0.1, 0.15) is 5.01 Å². The number of thiazole rings is 1. The summed E-state index contributed by atoms with van der Waals surface area (Å²) in [6.45, 7) is 0.0472. The number of rotatable bonds is 7. The minimum absolute atomic E-state index is 0.0472. The van der Waals surface area contributed by atoms with Crippen molar-refractivity contribution in [3.8, 4) is 10.7 Å². The maximum Gasteiger partial charge on any atom is 0.239 e. The van der Waals surface area contributed by atoms with Crippen LogP contribution in [0.25, 0.3) is 10.7 Å². The molecule has 3 rings (SSSR count). The van der Waals surface area contributed by atoms with E-state index in [4.69, 9.17) is 0 Å². The molecule has 1 saturated carbocycles. The molecule has 6 nitrogen and oxygen atoms in total. The minimum atomic E-state index is -0.129. The van der Waals surface area contributed by atoms with Gasteiger partial charge >= 0.3 is 0 Å². The summed E-state index contributed by atoms with van der Waals surface area (Å²) in [7, 11) is 0. The van der Waals surface area contributed by atoms with Crippen molar-refractivity contribution in [2.24, 2.45) is 0 Å². The van der Waals surface area contributed by atoms with E-state index in [0.717, 1.165) is 29.2 Å². The third-order valence-electron chi connectivity index (χ3n) is 4.46. The van der Waals surface area contributed by atoms with Gasteiger partial charge < -0.3 is 10.6 Å². The molecule has 0 bridgehead atoms. The van der Waals surface area contributed by atoms with Gasteiger partial charge in [0.2, 0.25) is 11.8 Å². The molecular weight excluding hydrogens is 348 g/mol. The summed E-state index contributed by atoms with van der Waals surface area (Å²) in [5.74, 6) is -0.229. The number of nitrogens with zero attached hydrogens (tertiary/aromatic N) is 2. The van der Waals surface area contributed by atoms with Crippen LogP contribution in [0.1, 0.15) is 44.2 Å². The van der Waals surface area contributed by atoms with Crippen LogP contribution < -0.4 is 10.6 Å². The lowest BCUT2D eigenvalue weighted by Crippen LogP contribution is -2.42. The van der Waals surface area contributed by atoms with Crippen LogP contribution in [0.4, 0.5) is 0 Å². The van der Waals surface area contributed by atoms with E-state index >= 15 is 0 Å². The monoisotopic (exact) mass is 372 g/mol. The number of amides is 2. The zero-order chi connectivity index (χ0) is 18.2. The number of hydrogen-bond donors (Lipinski definition) is 2. The van der Waals surface area contributed by atoms with Gasteiger partial charge in [0.05, 0.1) is 17.9 Å². The fourth-order valence-corrected chi connectivity index (χ4v) is 3.89. The largest absolute Gasteiger partial charge is 0.352 e. The van der Waals surface area contributed by atoms with Gasteiger partial charge in [-0.2, -0.15) is 0 Å². The van der Waals surface area contributed by atoms with E-state index in [0.29, 0.717) is 12.8 Å². The van der Waals surface area contributed by atoms with E-state index in [2.05, 4.69) is 20.6 Å². The van der Waals surface area contributed by atoms with Crippen molar-refractivity contribution < 1.29 is 9.59 Å². The summed E-state index contributed by atoms with van der Waals surface area (Å²) in [6.07, 6.45) is 8.30. The lowest BCUT2D eigenvalue weighted by atomic mass is 9.95. The molecule has 1 aliphatic carbocycles. The van der Waals surface area contributed by atoms with Gasteiger partial charge in [-0.25, -0.2) is 4.98 Å². The minimum Gasteiger partial charge on any atom is -0.352 e. The van der Waals surface area contributed by atoms with Crippen LogP contribution >= 0.6 is 11.3 Å². The first-order valence-electron chi connectivity index (χ1n) is 9.12. The molecule has 2 aromatic rings. The van der Waals surface area contributed by atoms with E-state index in [1.165, 1.54) is 30.6 Å². The van der Waals surface area contributed by atoms with Crippen molar-refractivity contribution in [2.45, 2.75) is 51.0 Å². The summed E-state index contributed by atoms with van der Waals surface area (Å²) >= 11 is 1.52. The Bertz CT molecular complexity index is 726. The van der Waals surface area contributed by atoms with E-state index in [1.54, 1.807) is 6.20 Å². The van der Waals surface area contributed by atoms with Crippen molar-refractivity contribution in [3.63, 3.8) is 0 Å². The highest BCUT2D eigenvalue weighted by atomic mass is 32.1. The Morgan fingerprint density at radius 1 is 1.15 bits per heavy atom. The second-order valence-electron chi connectivity index (χ2n) is 6.54. The van der Waals surface area contributed by atoms with Crippen LogP contribution in [-0.2, 0) is 16.0 Å². The van der Waals surface area contributed by atoms with Crippen LogP contribution in [0.15, 0.2) is 29.8 Å². The quantitative estimate of drug-likeness (QED) is 0.783. The van der Waals surface area contributed by atoms with E-state index in [9.17, 15) is 9.59 Å². The Morgan fingerprint density at radius 3 is 2.77 bits per heavy atom. The molecule has 1 aliphatic rings. The molecule has 0 aliphatic heterocycles. The third-order valence-corrected chi connectivity index (χ3v) is 5.37. The van der Waals surface area contributed by atoms with Crippen molar-refractivity contribution in [1.29, 1.82) is 0 Å². The van der Waals surface area contributed by atoms with Crippen molar-refractivity contribution in [2.75, 3.05) is 6.54 Å². The van der Waals surface area contributed by atoms with Gasteiger partial charge in [0.25, 0.3) is 0 Å². The average Bonchev–Trinajstić information content (AvgIpc) is 3.15. The van der Waals surface area contributed by atoms with Crippen LogP contribution in [0.2, 0.25) is 0 Å². The highest BCUT2D eigenvalue weighted by Crippen LogP contribution is 2.21. The Balaban J connectivity index is 1.37. The topological polar surface area (TPSA) is 84.0 Å². The third kappa shape index (κ3) is 5.62. The predicted molar refractivity (Wildman–Crippen MR) is 102 cm³/mol. The molecule has 1 fully saturated rings. The van der Waals surface area contributed by atoms with Crippen molar-refractivity contribution >= 4 is 23.2 Å². The Kier molecular flexibility index (Phi) is 6.71. The number of aryl methyl sites for hydroxylation is 1. The number of nitrogens with one attached hydrogen (secondary N) is 2. The lowest BCUT2D eigenvalue weighted by Gasteiger charge is -2.22. The second-order valence-corrected chi connectivity index (χ2v) is 7.40. The number of pyridine rings is 1. The van der Waals surface area contributed by atoms with Crippen molar-refractivity contribution in [3.05, 3.63) is 35.5 Å². The fraction of sp³-hybridized carbons (Fsp3) is 0.474. The zero-order valence-electron chi connectivity index (χ0n) is 14.7. The summed E-state index contributed by atoms with van der Waals surface area (Å²) < 4.78 is 0. The smallest absolute Gasteiger partial charge is 0.239 e. The molecule has 7 heteroatoms. The first kappa shape index (κ1) is 18.5. The highest BCUT2D eigenvalue weighted by molar-refractivity contribution is 7.13. The molecule has 26 heavy (non-hydrogen) atoms. The molecule has 2 aromatic heterocycles. The molecule has 2 N–H and O–H groups in total. The Morgan fingerprint density at radius 2 is 2.00 bits per heavy atom. The van der Waals surface area contributed by atoms with Gasteiger partial charge in [-0.3, -0.25) is 14.6 Å². The summed E-state index contributed by atoms with van der Waals surface area (Å²) in [5, 5.41) is 8.50. The first-order chi connectivity index (χ1) is 12.7. The normalized spacial score (nSPS) is 14.8. The Hall–Kier alpha value is -2.28. The standard InChI is InChI=1S/C19H24N4O2S/c24-17(21-12-18(25)22-14-6-2-1-3-7-14)10-9-15-13-26-19(23-15)16-8-4-5-11-20-16/h4-5,8,11,13-14H,1-3,6-7,9-10,12H2,(H,21,24)(H,22,25). The predicted octanol–water partition coefficient (Wildman–Crippen LogP) is 2.70. The summed E-state index contributed by atoms with van der Waals surface area (Å²) in [4.78, 5) is 32.7. The lowest BCUT2D eigenvalue weighted by molar-refractivity contribution is -0.126. The number of hydrogen-bond acceptors (Lipinski definition) is 5. The molecular formula is C19H24N4O2S. The molecule has 0 unspecified atom stereocenters. The molecule has 0 spiro atoms. The maximum absolute atomic E-state index is 12.0. The van der Waals surface area contributed by atoms with Crippen LogP contribution in [0, 0.1) is 0 Å². The summed E-state index contributed by atoms with van der Waals surface area (Å²) in [5.41, 5.74) is 1.71. The average molecular weight is 372 g/mol. The van der Waals surface area contributed by atoms with Gasteiger partial charge in [-0.15, -0.1) is 11.3 Å². The fourth-order valence-electron chi connectivity index (χ4n) is 3.06. The molecule has 0 saturated heterocycles. The molecule has 2 amide bonds. The highest BCUT2D eigenvalue weighted by Gasteiger charge is 2.16. The van der Waals surface area contributed by atoms with Crippen LogP contribution in [0.5, 0.6) is 0 Å². The van der Waals surface area contributed by atoms with E-state index in [-0.39, 0.29) is 24.4 Å². The molecule has 0 atom stereocenters. The number of carbonyl (C=O) groups excluding carboxylic acids is 2. The molecule has 138 valence electrons. The maximum atomic E-state index is 12.0. The van der Waals surface area contributed by atoms with Crippen molar-refractivity contribution in [1.82, 2.24) is 20.6 Å².